The van der Waals surface area contributed by atoms with Gasteiger partial charge in [0.15, 0.2) is 10.8 Å². The molecule has 1 aliphatic carbocycles. The van der Waals surface area contributed by atoms with Crippen LogP contribution < -0.4 is 5.32 Å². The summed E-state index contributed by atoms with van der Waals surface area (Å²) in [5, 5.41) is 3.26. The summed E-state index contributed by atoms with van der Waals surface area (Å²) in [5.41, 5.74) is 3.57. The minimum Gasteiger partial charge on any atom is -0.322 e. The fourth-order valence-electron chi connectivity index (χ4n) is 4.83. The van der Waals surface area contributed by atoms with Crippen LogP contribution in [0.1, 0.15) is 83.3 Å². The van der Waals surface area contributed by atoms with Crippen LogP contribution in [0, 0.1) is 20.4 Å². The summed E-state index contributed by atoms with van der Waals surface area (Å²) in [6, 6.07) is 3.78. The van der Waals surface area contributed by atoms with Gasteiger partial charge in [0.25, 0.3) is 5.91 Å². The number of rotatable bonds is 12. The van der Waals surface area contributed by atoms with Gasteiger partial charge in [-0.15, -0.1) is 0 Å². The van der Waals surface area contributed by atoms with E-state index < -0.39 is 7.26 Å². The average Bonchev–Trinajstić information content (AvgIpc) is 3.52. The second kappa shape index (κ2) is 12.7. The zero-order chi connectivity index (χ0) is 21.5. The van der Waals surface area contributed by atoms with Crippen molar-refractivity contribution in [3.8, 4) is 0 Å². The molecule has 0 atom stereocenters. The Morgan fingerprint density at radius 1 is 1.00 bits per heavy atom. The summed E-state index contributed by atoms with van der Waals surface area (Å²) in [6.07, 6.45) is 13.4. The number of hydrogen-bond acceptors (Lipinski definition) is 1. The molecule has 0 aliphatic heterocycles. The molecule has 1 fully saturated rings. The molecule has 5 heteroatoms. The maximum atomic E-state index is 13.7. The van der Waals surface area contributed by atoms with Gasteiger partial charge in [0, 0.05) is 58.5 Å². The van der Waals surface area contributed by atoms with Gasteiger partial charge in [0.1, 0.15) is 0 Å². The standard InChI is InChI=1S/C25H39N2OP.Y/c1-7-10-15-29(16-11-8-2,17-12-9-3)25(13-14-25)24(28)27-23-20(4)18-22(26-6)19-21(23)5;/h18-19H,7-17H2,1-5H3;/p+1. The Labute approximate surface area is 210 Å². The molecule has 2 rings (SSSR count). The molecular formula is C25H40N2OPY+. The SMILES string of the molecule is [C-]#[N+]c1cc(C)c(NC(=O)C2([P+](CCCC)(CCCC)CCCC)CC2)c(C)c1.[Y]. The molecule has 1 radical (unpaired) electrons. The second-order valence-corrected chi connectivity index (χ2v) is 13.4. The van der Waals surface area contributed by atoms with Crippen LogP contribution in [-0.4, -0.2) is 29.5 Å². The molecule has 3 nitrogen and oxygen atoms in total. The first kappa shape index (κ1) is 27.7. The van der Waals surface area contributed by atoms with E-state index in [1.165, 1.54) is 57.0 Å². The molecule has 0 saturated heterocycles. The molecule has 1 aromatic carbocycles. The maximum Gasteiger partial charge on any atom is 0.268 e. The largest absolute Gasteiger partial charge is 0.322 e. The van der Waals surface area contributed by atoms with Crippen LogP contribution in [0.3, 0.4) is 0 Å². The fourth-order valence-corrected chi connectivity index (χ4v) is 11.1. The van der Waals surface area contributed by atoms with Gasteiger partial charge in [-0.05, 0) is 44.2 Å². The van der Waals surface area contributed by atoms with Crippen LogP contribution in [-0.2, 0) is 37.5 Å². The molecule has 0 spiro atoms. The molecule has 30 heavy (non-hydrogen) atoms. The number of hydrogen-bond donors (Lipinski definition) is 1. The van der Waals surface area contributed by atoms with Crippen LogP contribution in [0.5, 0.6) is 0 Å². The van der Waals surface area contributed by atoms with Gasteiger partial charge in [-0.25, -0.2) is 4.85 Å². The van der Waals surface area contributed by atoms with Gasteiger partial charge >= 0.3 is 0 Å². The Bertz CT molecular complexity index is 707. The second-order valence-electron chi connectivity index (χ2n) is 8.93. The molecule has 163 valence electrons. The van der Waals surface area contributed by atoms with Crippen LogP contribution in [0.25, 0.3) is 4.85 Å². The minimum atomic E-state index is -1.34. The Morgan fingerprint density at radius 3 is 1.77 bits per heavy atom. The Hall–Kier alpha value is -0.286. The monoisotopic (exact) mass is 504 g/mol. The van der Waals surface area contributed by atoms with E-state index in [2.05, 4.69) is 30.9 Å². The first-order chi connectivity index (χ1) is 13.9. The number of nitrogens with zero attached hydrogens (tertiary/aromatic N) is 1. The van der Waals surface area contributed by atoms with Crippen LogP contribution in [0.2, 0.25) is 0 Å². The van der Waals surface area contributed by atoms with E-state index in [1.807, 2.05) is 26.0 Å². The molecule has 0 heterocycles. The molecule has 0 bridgehead atoms. The quantitative estimate of drug-likeness (QED) is 0.229. The molecule has 1 N–H and O–H groups in total. The average molecular weight is 504 g/mol. The van der Waals surface area contributed by atoms with Crippen LogP contribution in [0.4, 0.5) is 11.4 Å². The fraction of sp³-hybridized carbons (Fsp3) is 0.680. The van der Waals surface area contributed by atoms with Crippen molar-refractivity contribution in [2.24, 2.45) is 0 Å². The molecule has 1 saturated carbocycles. The van der Waals surface area contributed by atoms with E-state index in [0.717, 1.165) is 29.7 Å². The summed E-state index contributed by atoms with van der Waals surface area (Å²) in [6.45, 7) is 18.1. The molecule has 0 unspecified atom stereocenters. The van der Waals surface area contributed by atoms with Gasteiger partial charge in [-0.2, -0.15) is 0 Å². The number of carbonyl (C=O) groups excluding carboxylic acids is 1. The minimum absolute atomic E-state index is 0. The normalized spacial score (nSPS) is 14.5. The molecular weight excluding hydrogens is 464 g/mol. The number of nitrogens with one attached hydrogen (secondary N) is 1. The van der Waals surface area contributed by atoms with E-state index in [4.69, 9.17) is 6.57 Å². The zero-order valence-electron chi connectivity index (χ0n) is 19.8. The molecule has 1 amide bonds. The third-order valence-electron chi connectivity index (χ3n) is 6.76. The maximum absolute atomic E-state index is 13.7. The summed E-state index contributed by atoms with van der Waals surface area (Å²) in [7, 11) is -1.34. The summed E-state index contributed by atoms with van der Waals surface area (Å²) in [4.78, 5) is 17.3. The van der Waals surface area contributed by atoms with Crippen molar-refractivity contribution in [3.63, 3.8) is 0 Å². The molecule has 1 aromatic rings. The zero-order valence-corrected chi connectivity index (χ0v) is 23.5. The number of amides is 1. The summed E-state index contributed by atoms with van der Waals surface area (Å²) >= 11 is 0. The van der Waals surface area contributed by atoms with Gasteiger partial charge in [-0.1, -0.05) is 52.2 Å². The topological polar surface area (TPSA) is 33.5 Å². The van der Waals surface area contributed by atoms with E-state index in [-0.39, 0.29) is 43.8 Å². The number of unbranched alkanes of at least 4 members (excludes halogenated alkanes) is 3. The Balaban J connectivity index is 0.00000450. The summed E-state index contributed by atoms with van der Waals surface area (Å²) in [5.74, 6) is 0.274. The van der Waals surface area contributed by atoms with Crippen LogP contribution in [0.15, 0.2) is 12.1 Å². The van der Waals surface area contributed by atoms with Crippen molar-refractivity contribution < 1.29 is 37.5 Å². The van der Waals surface area contributed by atoms with Crippen molar-refractivity contribution in [1.82, 2.24) is 0 Å². The Kier molecular flexibility index (Phi) is 11.7. The van der Waals surface area contributed by atoms with Crippen molar-refractivity contribution in [1.29, 1.82) is 0 Å². The number of anilines is 1. The van der Waals surface area contributed by atoms with Crippen molar-refractivity contribution in [2.75, 3.05) is 23.8 Å². The van der Waals surface area contributed by atoms with Gasteiger partial charge < -0.3 is 5.32 Å². The van der Waals surface area contributed by atoms with E-state index >= 15 is 0 Å². The van der Waals surface area contributed by atoms with Crippen molar-refractivity contribution in [2.45, 2.75) is 91.1 Å². The number of benzene rings is 1. The van der Waals surface area contributed by atoms with E-state index in [9.17, 15) is 4.79 Å². The van der Waals surface area contributed by atoms with E-state index in [0.29, 0.717) is 5.69 Å². The van der Waals surface area contributed by atoms with Crippen molar-refractivity contribution >= 4 is 24.5 Å². The van der Waals surface area contributed by atoms with E-state index in [1.54, 1.807) is 0 Å². The number of carbonyl (C=O) groups is 1. The predicted octanol–water partition coefficient (Wildman–Crippen LogP) is 7.74. The third-order valence-corrected chi connectivity index (χ3v) is 12.7. The van der Waals surface area contributed by atoms with Crippen LogP contribution >= 0.6 is 7.26 Å². The molecule has 0 aromatic heterocycles. The third kappa shape index (κ3) is 6.15. The first-order valence-electron chi connectivity index (χ1n) is 11.6. The number of aryl methyl sites for hydroxylation is 2. The van der Waals surface area contributed by atoms with Gasteiger partial charge in [0.05, 0.1) is 25.1 Å². The smallest absolute Gasteiger partial charge is 0.268 e. The van der Waals surface area contributed by atoms with Gasteiger partial charge in [-0.3, -0.25) is 4.79 Å². The summed E-state index contributed by atoms with van der Waals surface area (Å²) < 4.78 is 0. The van der Waals surface area contributed by atoms with Crippen molar-refractivity contribution in [3.05, 3.63) is 34.7 Å². The first-order valence-corrected chi connectivity index (χ1v) is 13.9. The Morgan fingerprint density at radius 2 is 1.43 bits per heavy atom. The van der Waals surface area contributed by atoms with Gasteiger partial charge in [0.2, 0.25) is 0 Å². The predicted molar refractivity (Wildman–Crippen MR) is 129 cm³/mol. The molecule has 1 aliphatic rings.